The summed E-state index contributed by atoms with van der Waals surface area (Å²) >= 11 is 0. The summed E-state index contributed by atoms with van der Waals surface area (Å²) in [6, 6.07) is 3.30. The van der Waals surface area contributed by atoms with Gasteiger partial charge in [-0.2, -0.15) is 17.2 Å². The molecule has 0 saturated heterocycles. The van der Waals surface area contributed by atoms with Crippen molar-refractivity contribution in [3.63, 3.8) is 0 Å². The van der Waals surface area contributed by atoms with Crippen molar-refractivity contribution in [3.8, 4) is 5.75 Å². The van der Waals surface area contributed by atoms with Crippen LogP contribution in [0.1, 0.15) is 76.0 Å². The SMILES string of the molecule is CC(C)c1cc(C(C)C)c(S(=O)(=O)Oc2c(F)c(F)c(F)c(F)c2F)c(C(C)C)c1. The molecule has 3 nitrogen and oxygen atoms in total. The van der Waals surface area contributed by atoms with Crippen LogP contribution in [0.3, 0.4) is 0 Å². The highest BCUT2D eigenvalue weighted by atomic mass is 32.2. The number of hydrogen-bond acceptors (Lipinski definition) is 3. The van der Waals surface area contributed by atoms with E-state index < -0.39 is 45.0 Å². The van der Waals surface area contributed by atoms with Crippen LogP contribution in [0.5, 0.6) is 5.75 Å². The lowest BCUT2D eigenvalue weighted by atomic mass is 9.89. The Bertz CT molecular complexity index is 1020. The molecule has 0 aliphatic carbocycles. The third-order valence-electron chi connectivity index (χ3n) is 4.69. The zero-order valence-electron chi connectivity index (χ0n) is 17.4. The van der Waals surface area contributed by atoms with E-state index in [1.807, 2.05) is 13.8 Å². The number of benzene rings is 2. The van der Waals surface area contributed by atoms with Crippen LogP contribution in [0.2, 0.25) is 0 Å². The molecule has 30 heavy (non-hydrogen) atoms. The van der Waals surface area contributed by atoms with E-state index in [1.54, 1.807) is 39.8 Å². The fourth-order valence-electron chi connectivity index (χ4n) is 2.99. The molecule has 0 N–H and O–H groups in total. The van der Waals surface area contributed by atoms with Gasteiger partial charge in [0.25, 0.3) is 0 Å². The molecule has 2 aromatic rings. The van der Waals surface area contributed by atoms with Gasteiger partial charge >= 0.3 is 10.1 Å². The maximum absolute atomic E-state index is 14.0. The monoisotopic (exact) mass is 450 g/mol. The molecule has 0 atom stereocenters. The van der Waals surface area contributed by atoms with Crippen molar-refractivity contribution in [2.75, 3.05) is 0 Å². The van der Waals surface area contributed by atoms with Crippen LogP contribution in [0, 0.1) is 29.1 Å². The molecule has 0 fully saturated rings. The Morgan fingerprint density at radius 1 is 0.667 bits per heavy atom. The minimum atomic E-state index is -4.93. The molecule has 0 aromatic heterocycles. The summed E-state index contributed by atoms with van der Waals surface area (Å²) in [6.07, 6.45) is 0. The van der Waals surface area contributed by atoms with Gasteiger partial charge in [0.05, 0.1) is 0 Å². The van der Waals surface area contributed by atoms with Crippen LogP contribution in [0.15, 0.2) is 17.0 Å². The van der Waals surface area contributed by atoms with Crippen LogP contribution >= 0.6 is 0 Å². The zero-order chi connectivity index (χ0) is 23.1. The van der Waals surface area contributed by atoms with Crippen molar-refractivity contribution in [2.24, 2.45) is 0 Å². The lowest BCUT2D eigenvalue weighted by molar-refractivity contribution is 0.346. The first-order valence-electron chi connectivity index (χ1n) is 9.34. The first kappa shape index (κ1) is 24.1. The molecule has 2 rings (SSSR count). The summed E-state index contributed by atoms with van der Waals surface area (Å²) in [6.45, 7) is 10.7. The molecule has 0 unspecified atom stereocenters. The van der Waals surface area contributed by atoms with E-state index in [2.05, 4.69) is 4.18 Å². The Kier molecular flexibility index (Phi) is 6.85. The summed E-state index contributed by atoms with van der Waals surface area (Å²) in [4.78, 5) is -0.333. The normalized spacial score (nSPS) is 12.3. The molecule has 2 aromatic carbocycles. The van der Waals surface area contributed by atoms with Gasteiger partial charge in [0.2, 0.25) is 34.8 Å². The topological polar surface area (TPSA) is 43.4 Å². The van der Waals surface area contributed by atoms with Crippen molar-refractivity contribution >= 4 is 10.1 Å². The second-order valence-electron chi connectivity index (χ2n) is 7.93. The van der Waals surface area contributed by atoms with Gasteiger partial charge in [0, 0.05) is 0 Å². The third-order valence-corrected chi connectivity index (χ3v) is 6.05. The summed E-state index contributed by atoms with van der Waals surface area (Å²) in [7, 11) is -4.93. The average Bonchev–Trinajstić information content (AvgIpc) is 2.66. The number of hydrogen-bond donors (Lipinski definition) is 0. The predicted molar refractivity (Wildman–Crippen MR) is 103 cm³/mol. The third kappa shape index (κ3) is 4.31. The van der Waals surface area contributed by atoms with E-state index in [-0.39, 0.29) is 22.6 Å². The van der Waals surface area contributed by atoms with Crippen LogP contribution in [0.4, 0.5) is 22.0 Å². The van der Waals surface area contributed by atoms with E-state index in [4.69, 9.17) is 0 Å². The molecular weight excluding hydrogens is 427 g/mol. The minimum absolute atomic E-state index is 0.0628. The van der Waals surface area contributed by atoms with Gasteiger partial charge in [-0.25, -0.2) is 13.2 Å². The summed E-state index contributed by atoms with van der Waals surface area (Å²) in [5, 5.41) is 0. The van der Waals surface area contributed by atoms with Gasteiger partial charge in [0.1, 0.15) is 4.90 Å². The highest BCUT2D eigenvalue weighted by Crippen LogP contribution is 2.38. The molecule has 166 valence electrons. The van der Waals surface area contributed by atoms with Crippen molar-refractivity contribution in [1.29, 1.82) is 0 Å². The van der Waals surface area contributed by atoms with E-state index >= 15 is 0 Å². The van der Waals surface area contributed by atoms with E-state index in [9.17, 15) is 30.4 Å². The van der Waals surface area contributed by atoms with Gasteiger partial charge < -0.3 is 4.18 Å². The van der Waals surface area contributed by atoms with Crippen LogP contribution in [0.25, 0.3) is 0 Å². The van der Waals surface area contributed by atoms with Gasteiger partial charge in [0.15, 0.2) is 0 Å². The Labute approximate surface area is 173 Å². The second-order valence-corrected chi connectivity index (χ2v) is 9.41. The smallest absolute Gasteiger partial charge is 0.339 e. The summed E-state index contributed by atoms with van der Waals surface area (Å²) < 4.78 is 99.0. The molecule has 9 heteroatoms. The minimum Gasteiger partial charge on any atom is -0.372 e. The quantitative estimate of drug-likeness (QED) is 0.218. The van der Waals surface area contributed by atoms with Crippen LogP contribution in [-0.2, 0) is 10.1 Å². The van der Waals surface area contributed by atoms with Crippen LogP contribution in [-0.4, -0.2) is 8.42 Å². The highest BCUT2D eigenvalue weighted by molar-refractivity contribution is 7.87. The first-order valence-corrected chi connectivity index (χ1v) is 10.7. The maximum Gasteiger partial charge on any atom is 0.339 e. The molecule has 0 heterocycles. The molecule has 0 saturated carbocycles. The van der Waals surface area contributed by atoms with Gasteiger partial charge in [-0.05, 0) is 34.4 Å². The summed E-state index contributed by atoms with van der Waals surface area (Å²) in [5.41, 5.74) is 1.50. The zero-order valence-corrected chi connectivity index (χ0v) is 18.2. The van der Waals surface area contributed by atoms with Gasteiger partial charge in [-0.15, -0.1) is 0 Å². The Balaban J connectivity index is 2.81. The van der Waals surface area contributed by atoms with Gasteiger partial charge in [-0.1, -0.05) is 53.7 Å². The molecule has 0 bridgehead atoms. The lowest BCUT2D eigenvalue weighted by Crippen LogP contribution is -2.19. The number of rotatable bonds is 6. The Morgan fingerprint density at radius 2 is 1.03 bits per heavy atom. The van der Waals surface area contributed by atoms with Crippen molar-refractivity contribution in [2.45, 2.75) is 64.2 Å². The molecule has 0 spiro atoms. The maximum atomic E-state index is 14.0. The highest BCUT2D eigenvalue weighted by Gasteiger charge is 2.34. The molecule has 0 amide bonds. The fourth-order valence-corrected chi connectivity index (χ4v) is 4.60. The predicted octanol–water partition coefficient (Wildman–Crippen LogP) is 6.52. The fraction of sp³-hybridized carbons (Fsp3) is 0.429. The number of halogens is 5. The standard InChI is InChI=1S/C21H23F5O3S/c1-9(2)12-7-13(10(3)4)21(14(8-12)11(5)6)30(27,28)29-20-18(25)16(23)15(22)17(24)19(20)26/h7-11H,1-6H3. The lowest BCUT2D eigenvalue weighted by Gasteiger charge is -2.22. The van der Waals surface area contributed by atoms with E-state index in [0.29, 0.717) is 11.1 Å². The van der Waals surface area contributed by atoms with Crippen molar-refractivity contribution in [1.82, 2.24) is 0 Å². The molecule has 0 radical (unpaired) electrons. The van der Waals surface area contributed by atoms with Crippen LogP contribution < -0.4 is 4.18 Å². The molecular formula is C21H23F5O3S. The molecule has 0 aliphatic rings. The van der Waals surface area contributed by atoms with E-state index in [1.165, 1.54) is 0 Å². The largest absolute Gasteiger partial charge is 0.372 e. The van der Waals surface area contributed by atoms with Gasteiger partial charge in [-0.3, -0.25) is 0 Å². The average molecular weight is 450 g/mol. The first-order chi connectivity index (χ1) is 13.7. The molecule has 0 aliphatic heterocycles. The summed E-state index contributed by atoms with van der Waals surface area (Å²) in [5.74, 6) is -14.1. The van der Waals surface area contributed by atoms with E-state index in [0.717, 1.165) is 5.56 Å². The Hall–Kier alpha value is -2.16. The Morgan fingerprint density at radius 3 is 1.37 bits per heavy atom. The van der Waals surface area contributed by atoms with Crippen molar-refractivity contribution < 1.29 is 34.6 Å². The second kappa shape index (κ2) is 8.53. The van der Waals surface area contributed by atoms with Crippen molar-refractivity contribution in [3.05, 3.63) is 57.9 Å².